The molecule has 0 saturated heterocycles. The maximum Gasteiger partial charge on any atom is 0.338 e. The topological polar surface area (TPSA) is 72.5 Å². The number of hydrogen-bond acceptors (Lipinski definition) is 4. The van der Waals surface area contributed by atoms with Crippen LogP contribution >= 0.6 is 0 Å². The molecule has 0 saturated carbocycles. The van der Waals surface area contributed by atoms with Gasteiger partial charge in [-0.1, -0.05) is 42.5 Å². The standard InChI is InChI=1S/C20H21NO4/c1-15(22)21-13-5-6-16-9-11-17(12-10-16)19(23)14-25-20(24)18-7-3-2-4-8-18/h2-4,7-12H,5-6,13-14H2,1H3,(H,21,22). The summed E-state index contributed by atoms with van der Waals surface area (Å²) in [7, 11) is 0. The summed E-state index contributed by atoms with van der Waals surface area (Å²) < 4.78 is 5.05. The Labute approximate surface area is 147 Å². The maximum atomic E-state index is 12.1. The Kier molecular flexibility index (Phi) is 6.89. The van der Waals surface area contributed by atoms with Crippen molar-refractivity contribution < 1.29 is 19.1 Å². The number of aryl methyl sites for hydroxylation is 1. The van der Waals surface area contributed by atoms with Crippen molar-refractivity contribution in [1.29, 1.82) is 0 Å². The summed E-state index contributed by atoms with van der Waals surface area (Å²) in [5, 5.41) is 2.74. The van der Waals surface area contributed by atoms with E-state index < -0.39 is 5.97 Å². The number of carbonyl (C=O) groups excluding carboxylic acids is 3. The lowest BCUT2D eigenvalue weighted by molar-refractivity contribution is -0.118. The number of hydrogen-bond donors (Lipinski definition) is 1. The Morgan fingerprint density at radius 2 is 1.60 bits per heavy atom. The fourth-order valence-electron chi connectivity index (χ4n) is 2.29. The molecule has 0 atom stereocenters. The lowest BCUT2D eigenvalue weighted by Crippen LogP contribution is -2.21. The SMILES string of the molecule is CC(=O)NCCCc1ccc(C(=O)COC(=O)c2ccccc2)cc1. The third kappa shape index (κ3) is 6.22. The van der Waals surface area contributed by atoms with Gasteiger partial charge in [0.25, 0.3) is 0 Å². The highest BCUT2D eigenvalue weighted by Crippen LogP contribution is 2.08. The van der Waals surface area contributed by atoms with Gasteiger partial charge in [-0.15, -0.1) is 0 Å². The lowest BCUT2D eigenvalue weighted by Gasteiger charge is -2.06. The first-order chi connectivity index (χ1) is 12.1. The van der Waals surface area contributed by atoms with Crippen LogP contribution < -0.4 is 5.32 Å². The Morgan fingerprint density at radius 1 is 0.920 bits per heavy atom. The molecule has 0 aliphatic heterocycles. The van der Waals surface area contributed by atoms with Crippen molar-refractivity contribution in [2.24, 2.45) is 0 Å². The fourth-order valence-corrected chi connectivity index (χ4v) is 2.29. The molecular weight excluding hydrogens is 318 g/mol. The molecule has 25 heavy (non-hydrogen) atoms. The van der Waals surface area contributed by atoms with E-state index in [1.807, 2.05) is 12.1 Å². The van der Waals surface area contributed by atoms with Gasteiger partial charge in [0.2, 0.25) is 5.91 Å². The summed E-state index contributed by atoms with van der Waals surface area (Å²) in [5.41, 5.74) is 2.01. The normalized spacial score (nSPS) is 10.1. The molecule has 0 unspecified atom stereocenters. The van der Waals surface area contributed by atoms with Gasteiger partial charge in [-0.05, 0) is 30.5 Å². The molecule has 0 bridgehead atoms. The van der Waals surface area contributed by atoms with Crippen LogP contribution in [0.25, 0.3) is 0 Å². The van der Waals surface area contributed by atoms with Crippen LogP contribution in [0.15, 0.2) is 54.6 Å². The molecule has 5 heteroatoms. The van der Waals surface area contributed by atoms with Crippen LogP contribution in [0.5, 0.6) is 0 Å². The minimum atomic E-state index is -0.511. The van der Waals surface area contributed by atoms with Crippen molar-refractivity contribution in [2.75, 3.05) is 13.2 Å². The summed E-state index contributed by atoms with van der Waals surface area (Å²) in [6.07, 6.45) is 1.65. The van der Waals surface area contributed by atoms with E-state index in [0.717, 1.165) is 18.4 Å². The first kappa shape index (κ1) is 18.4. The van der Waals surface area contributed by atoms with Gasteiger partial charge in [-0.2, -0.15) is 0 Å². The molecule has 0 aromatic heterocycles. The van der Waals surface area contributed by atoms with E-state index in [2.05, 4.69) is 5.32 Å². The molecule has 2 rings (SSSR count). The first-order valence-electron chi connectivity index (χ1n) is 8.15. The van der Waals surface area contributed by atoms with Gasteiger partial charge in [0.05, 0.1) is 5.56 Å². The quantitative estimate of drug-likeness (QED) is 0.456. The zero-order chi connectivity index (χ0) is 18.1. The number of ether oxygens (including phenoxy) is 1. The third-order valence-corrected chi connectivity index (χ3v) is 3.64. The minimum Gasteiger partial charge on any atom is -0.454 e. The zero-order valence-corrected chi connectivity index (χ0v) is 14.2. The van der Waals surface area contributed by atoms with Crippen LogP contribution in [-0.4, -0.2) is 30.8 Å². The number of ketones is 1. The van der Waals surface area contributed by atoms with E-state index in [1.54, 1.807) is 42.5 Å². The summed E-state index contributed by atoms with van der Waals surface area (Å²) >= 11 is 0. The van der Waals surface area contributed by atoms with Gasteiger partial charge in [0.1, 0.15) is 0 Å². The fraction of sp³-hybridized carbons (Fsp3) is 0.250. The van der Waals surface area contributed by atoms with Crippen molar-refractivity contribution in [2.45, 2.75) is 19.8 Å². The Hall–Kier alpha value is -2.95. The summed E-state index contributed by atoms with van der Waals surface area (Å²) in [4.78, 5) is 34.7. The van der Waals surface area contributed by atoms with Crippen molar-refractivity contribution in [3.05, 3.63) is 71.3 Å². The van der Waals surface area contributed by atoms with Crippen molar-refractivity contribution in [1.82, 2.24) is 5.32 Å². The smallest absolute Gasteiger partial charge is 0.338 e. The molecule has 1 amide bonds. The van der Waals surface area contributed by atoms with Crippen LogP contribution in [0.1, 0.15) is 39.6 Å². The Bertz CT molecular complexity index is 723. The molecule has 1 N–H and O–H groups in total. The lowest BCUT2D eigenvalue weighted by atomic mass is 10.1. The average Bonchev–Trinajstić information content (AvgIpc) is 2.64. The number of rotatable bonds is 8. The molecule has 2 aromatic rings. The highest BCUT2D eigenvalue weighted by Gasteiger charge is 2.11. The first-order valence-corrected chi connectivity index (χ1v) is 8.15. The van der Waals surface area contributed by atoms with Gasteiger partial charge >= 0.3 is 5.97 Å². The summed E-state index contributed by atoms with van der Waals surface area (Å²) in [6.45, 7) is 1.84. The van der Waals surface area contributed by atoms with Crippen LogP contribution in [0.2, 0.25) is 0 Å². The van der Waals surface area contributed by atoms with Crippen molar-refractivity contribution in [3.63, 3.8) is 0 Å². The molecule has 5 nitrogen and oxygen atoms in total. The van der Waals surface area contributed by atoms with Crippen molar-refractivity contribution in [3.8, 4) is 0 Å². The molecule has 0 fully saturated rings. The zero-order valence-electron chi connectivity index (χ0n) is 14.2. The van der Waals surface area contributed by atoms with Crippen LogP contribution in [0.3, 0.4) is 0 Å². The Balaban J connectivity index is 1.80. The predicted molar refractivity (Wildman–Crippen MR) is 94.5 cm³/mol. The molecule has 130 valence electrons. The van der Waals surface area contributed by atoms with Gasteiger partial charge in [0, 0.05) is 19.0 Å². The van der Waals surface area contributed by atoms with E-state index in [-0.39, 0.29) is 18.3 Å². The second-order valence-electron chi connectivity index (χ2n) is 5.65. The van der Waals surface area contributed by atoms with Gasteiger partial charge < -0.3 is 10.1 Å². The molecule has 0 aliphatic rings. The number of esters is 1. The number of nitrogens with one attached hydrogen (secondary N) is 1. The highest BCUT2D eigenvalue weighted by molar-refractivity contribution is 5.99. The highest BCUT2D eigenvalue weighted by atomic mass is 16.5. The summed E-state index contributed by atoms with van der Waals surface area (Å²) in [5.74, 6) is -0.788. The average molecular weight is 339 g/mol. The number of Topliss-reactive ketones (excluding diaryl/α,β-unsaturated/α-hetero) is 1. The van der Waals surface area contributed by atoms with Crippen LogP contribution in [0, 0.1) is 0 Å². The molecule has 0 radical (unpaired) electrons. The third-order valence-electron chi connectivity index (χ3n) is 3.64. The van der Waals surface area contributed by atoms with Gasteiger partial charge in [0.15, 0.2) is 12.4 Å². The second-order valence-corrected chi connectivity index (χ2v) is 5.65. The predicted octanol–water partition coefficient (Wildman–Crippen LogP) is 2.80. The number of carbonyl (C=O) groups is 3. The second kappa shape index (κ2) is 9.37. The van der Waals surface area contributed by atoms with Gasteiger partial charge in [-0.3, -0.25) is 9.59 Å². The van der Waals surface area contributed by atoms with E-state index >= 15 is 0 Å². The Morgan fingerprint density at radius 3 is 2.24 bits per heavy atom. The largest absolute Gasteiger partial charge is 0.454 e. The minimum absolute atomic E-state index is 0.0361. The molecule has 0 heterocycles. The van der Waals surface area contributed by atoms with E-state index in [4.69, 9.17) is 4.74 Å². The van der Waals surface area contributed by atoms with E-state index in [9.17, 15) is 14.4 Å². The van der Waals surface area contributed by atoms with Gasteiger partial charge in [-0.25, -0.2) is 4.79 Å². The van der Waals surface area contributed by atoms with E-state index in [0.29, 0.717) is 17.7 Å². The maximum absolute atomic E-state index is 12.1. The molecule has 0 spiro atoms. The molecule has 2 aromatic carbocycles. The number of benzene rings is 2. The number of amides is 1. The van der Waals surface area contributed by atoms with Crippen LogP contribution in [0.4, 0.5) is 0 Å². The monoisotopic (exact) mass is 339 g/mol. The van der Waals surface area contributed by atoms with Crippen molar-refractivity contribution >= 4 is 17.7 Å². The summed E-state index contributed by atoms with van der Waals surface area (Å²) in [6, 6.07) is 15.8. The molecular formula is C20H21NO4. The van der Waals surface area contributed by atoms with Crippen LogP contribution in [-0.2, 0) is 16.0 Å². The van der Waals surface area contributed by atoms with E-state index in [1.165, 1.54) is 6.92 Å². The molecule has 0 aliphatic carbocycles.